The zero-order valence-electron chi connectivity index (χ0n) is 20.2. The fraction of sp³-hybridized carbons (Fsp3) is 0.320. The van der Waals surface area contributed by atoms with Gasteiger partial charge in [0.05, 0.1) is 28.8 Å². The molecule has 1 aromatic carbocycles. The van der Waals surface area contributed by atoms with Gasteiger partial charge in [0.15, 0.2) is 11.5 Å². The molecule has 0 aliphatic carbocycles. The number of alkyl halides is 3. The van der Waals surface area contributed by atoms with Gasteiger partial charge in [0.2, 0.25) is 5.82 Å². The lowest BCUT2D eigenvalue weighted by Crippen LogP contribution is -2.40. The van der Waals surface area contributed by atoms with E-state index in [1.54, 1.807) is 24.3 Å². The molecule has 1 saturated heterocycles. The first kappa shape index (κ1) is 26.8. The van der Waals surface area contributed by atoms with Gasteiger partial charge in [-0.25, -0.2) is 9.67 Å². The third kappa shape index (κ3) is 5.79. The van der Waals surface area contributed by atoms with Crippen LogP contribution in [0.1, 0.15) is 30.2 Å². The standard InChI is InChI=1S/C25H22ClF3N6O4/c26-17-7-8-20(30-10-17)35-21(25(27,28)29)18(11-31-35)23-32-22(33-39-23)15-5-3-14(4-6-15)19(36)13-34-9-1-2-16(12-34)24(37)38/h3-8,10-11,16,19,36H,1-2,9,12-13H2,(H,37,38)/t16-,19-/m0/s1. The summed E-state index contributed by atoms with van der Waals surface area (Å²) in [7, 11) is 0. The molecule has 2 atom stereocenters. The number of carbonyl (C=O) groups is 1. The van der Waals surface area contributed by atoms with Crippen molar-refractivity contribution in [1.82, 2.24) is 29.8 Å². The fourth-order valence-corrected chi connectivity index (χ4v) is 4.63. The zero-order valence-corrected chi connectivity index (χ0v) is 21.0. The lowest BCUT2D eigenvalue weighted by atomic mass is 9.97. The Morgan fingerprint density at radius 2 is 1.95 bits per heavy atom. The Bertz CT molecular complexity index is 1460. The highest BCUT2D eigenvalue weighted by Crippen LogP contribution is 2.38. The average molecular weight is 563 g/mol. The second kappa shape index (κ2) is 10.8. The van der Waals surface area contributed by atoms with E-state index in [2.05, 4.69) is 20.2 Å². The number of nitrogens with zero attached hydrogens (tertiary/aromatic N) is 6. The molecule has 5 rings (SSSR count). The number of β-amino-alcohol motifs (C(OH)–C–C–N with tert-alkyl or cyclic N) is 1. The van der Waals surface area contributed by atoms with Crippen molar-refractivity contribution >= 4 is 17.6 Å². The maximum Gasteiger partial charge on any atom is 0.434 e. The van der Waals surface area contributed by atoms with E-state index in [1.807, 2.05) is 4.90 Å². The summed E-state index contributed by atoms with van der Waals surface area (Å²) in [4.78, 5) is 21.3. The van der Waals surface area contributed by atoms with Gasteiger partial charge in [-0.1, -0.05) is 41.0 Å². The molecule has 10 nitrogen and oxygen atoms in total. The minimum absolute atomic E-state index is 0.0527. The minimum atomic E-state index is -4.81. The number of carboxylic acid groups (broad SMARTS) is 1. The van der Waals surface area contributed by atoms with E-state index in [1.165, 1.54) is 18.3 Å². The van der Waals surface area contributed by atoms with E-state index in [0.29, 0.717) is 35.3 Å². The third-order valence-corrected chi connectivity index (χ3v) is 6.69. The summed E-state index contributed by atoms with van der Waals surface area (Å²) < 4.78 is 47.8. The normalized spacial score (nSPS) is 17.3. The monoisotopic (exact) mass is 562 g/mol. The van der Waals surface area contributed by atoms with Crippen molar-refractivity contribution in [2.45, 2.75) is 25.1 Å². The van der Waals surface area contributed by atoms with Crippen LogP contribution in [0.3, 0.4) is 0 Å². The molecule has 39 heavy (non-hydrogen) atoms. The van der Waals surface area contributed by atoms with Gasteiger partial charge in [0.25, 0.3) is 5.89 Å². The van der Waals surface area contributed by atoms with Crippen LogP contribution in [0.5, 0.6) is 0 Å². The van der Waals surface area contributed by atoms with Gasteiger partial charge in [-0.2, -0.15) is 23.3 Å². The number of aliphatic hydroxyl groups is 1. The van der Waals surface area contributed by atoms with Crippen LogP contribution in [-0.4, -0.2) is 65.6 Å². The van der Waals surface area contributed by atoms with E-state index >= 15 is 0 Å². The van der Waals surface area contributed by atoms with Gasteiger partial charge in [-0.3, -0.25) is 9.69 Å². The van der Waals surface area contributed by atoms with Crippen LogP contribution in [0.25, 0.3) is 28.7 Å². The van der Waals surface area contributed by atoms with Crippen molar-refractivity contribution in [2.24, 2.45) is 5.92 Å². The van der Waals surface area contributed by atoms with E-state index in [0.717, 1.165) is 12.6 Å². The SMILES string of the molecule is O=C(O)[C@H]1CCCN(C[C@H](O)c2ccc(-c3noc(-c4cnn(-c5ccc(Cl)cn5)c4C(F)(F)F)n3)cc2)C1. The molecule has 0 unspecified atom stereocenters. The highest BCUT2D eigenvalue weighted by atomic mass is 35.5. The number of aliphatic carboxylic acids is 1. The van der Waals surface area contributed by atoms with E-state index in [-0.39, 0.29) is 29.1 Å². The van der Waals surface area contributed by atoms with Crippen LogP contribution < -0.4 is 0 Å². The van der Waals surface area contributed by atoms with Crippen molar-refractivity contribution in [3.05, 3.63) is 65.1 Å². The number of hydrogen-bond donors (Lipinski definition) is 2. The molecule has 2 N–H and O–H groups in total. The Balaban J connectivity index is 1.34. The van der Waals surface area contributed by atoms with Crippen molar-refractivity contribution in [3.63, 3.8) is 0 Å². The van der Waals surface area contributed by atoms with Crippen LogP contribution in [-0.2, 0) is 11.0 Å². The highest BCUT2D eigenvalue weighted by Gasteiger charge is 2.41. The molecule has 0 bridgehead atoms. The van der Waals surface area contributed by atoms with Crippen LogP contribution in [0.15, 0.2) is 53.3 Å². The molecule has 3 aromatic heterocycles. The van der Waals surface area contributed by atoms with Crippen molar-refractivity contribution in [1.29, 1.82) is 0 Å². The summed E-state index contributed by atoms with van der Waals surface area (Å²) in [5, 5.41) is 27.8. The predicted molar refractivity (Wildman–Crippen MR) is 132 cm³/mol. The second-order valence-electron chi connectivity index (χ2n) is 9.15. The van der Waals surface area contributed by atoms with Crippen molar-refractivity contribution < 1.29 is 32.7 Å². The number of benzene rings is 1. The highest BCUT2D eigenvalue weighted by molar-refractivity contribution is 6.30. The molecular weight excluding hydrogens is 541 g/mol. The Hall–Kier alpha value is -3.81. The first-order valence-corrected chi connectivity index (χ1v) is 12.3. The molecule has 4 aromatic rings. The minimum Gasteiger partial charge on any atom is -0.481 e. The zero-order chi connectivity index (χ0) is 27.7. The molecule has 0 radical (unpaired) electrons. The first-order chi connectivity index (χ1) is 18.6. The summed E-state index contributed by atoms with van der Waals surface area (Å²) in [5.41, 5.74) is -0.485. The second-order valence-corrected chi connectivity index (χ2v) is 9.59. The molecule has 0 saturated carbocycles. The number of halogens is 4. The Labute approximate surface area is 224 Å². The molecular formula is C25H22ClF3N6O4. The summed E-state index contributed by atoms with van der Waals surface area (Å²) in [5.74, 6) is -1.70. The number of rotatable bonds is 7. The molecule has 204 valence electrons. The van der Waals surface area contributed by atoms with Gasteiger partial charge < -0.3 is 14.7 Å². The van der Waals surface area contributed by atoms with Gasteiger partial charge in [-0.15, -0.1) is 0 Å². The van der Waals surface area contributed by atoms with E-state index < -0.39 is 35.4 Å². The number of pyridine rings is 1. The lowest BCUT2D eigenvalue weighted by molar-refractivity contribution is -0.144. The summed E-state index contributed by atoms with van der Waals surface area (Å²) in [6.45, 7) is 1.36. The third-order valence-electron chi connectivity index (χ3n) is 6.46. The maximum absolute atomic E-state index is 14.0. The topological polar surface area (TPSA) is 130 Å². The number of likely N-dealkylation sites (tertiary alicyclic amines) is 1. The molecule has 14 heteroatoms. The quantitative estimate of drug-likeness (QED) is 0.334. The van der Waals surface area contributed by atoms with Crippen molar-refractivity contribution in [3.8, 4) is 28.7 Å². The van der Waals surface area contributed by atoms with Crippen LogP contribution >= 0.6 is 11.6 Å². The molecule has 0 amide bonds. The van der Waals surface area contributed by atoms with E-state index in [9.17, 15) is 28.2 Å². The first-order valence-electron chi connectivity index (χ1n) is 11.9. The summed E-state index contributed by atoms with van der Waals surface area (Å²) >= 11 is 5.79. The Morgan fingerprint density at radius 3 is 2.62 bits per heavy atom. The van der Waals surface area contributed by atoms with Crippen LogP contribution in [0.2, 0.25) is 5.02 Å². The predicted octanol–water partition coefficient (Wildman–Crippen LogP) is 4.49. The largest absolute Gasteiger partial charge is 0.481 e. The van der Waals surface area contributed by atoms with Crippen LogP contribution in [0, 0.1) is 5.92 Å². The van der Waals surface area contributed by atoms with Gasteiger partial charge >= 0.3 is 12.1 Å². The fourth-order valence-electron chi connectivity index (χ4n) is 4.52. The maximum atomic E-state index is 14.0. The lowest BCUT2D eigenvalue weighted by Gasteiger charge is -2.32. The number of aromatic nitrogens is 5. The van der Waals surface area contributed by atoms with Gasteiger partial charge in [0.1, 0.15) is 0 Å². The van der Waals surface area contributed by atoms with Crippen LogP contribution in [0.4, 0.5) is 13.2 Å². The summed E-state index contributed by atoms with van der Waals surface area (Å²) in [6, 6.07) is 9.25. The molecule has 1 aliphatic rings. The van der Waals surface area contributed by atoms with Gasteiger partial charge in [0, 0.05) is 24.8 Å². The number of piperidine rings is 1. The average Bonchev–Trinajstić information content (AvgIpc) is 3.57. The summed E-state index contributed by atoms with van der Waals surface area (Å²) in [6.07, 6.45) is -2.11. The molecule has 4 heterocycles. The number of aliphatic hydroxyl groups excluding tert-OH is 1. The Kier molecular flexibility index (Phi) is 7.38. The molecule has 0 spiro atoms. The Morgan fingerprint density at radius 1 is 1.18 bits per heavy atom. The molecule has 1 aliphatic heterocycles. The number of hydrogen-bond acceptors (Lipinski definition) is 8. The molecule has 1 fully saturated rings. The van der Waals surface area contributed by atoms with E-state index in [4.69, 9.17) is 16.1 Å². The van der Waals surface area contributed by atoms with Crippen molar-refractivity contribution in [2.75, 3.05) is 19.6 Å². The number of carboxylic acids is 1. The van der Waals surface area contributed by atoms with Gasteiger partial charge in [-0.05, 0) is 37.1 Å². The smallest absolute Gasteiger partial charge is 0.434 e.